The highest BCUT2D eigenvalue weighted by Gasteiger charge is 2.43. The molecule has 5 aromatic rings. The van der Waals surface area contributed by atoms with Gasteiger partial charge in [-0.25, -0.2) is 0 Å². The highest BCUT2D eigenvalue weighted by atomic mass is 32.1. The summed E-state index contributed by atoms with van der Waals surface area (Å²) in [5, 5.41) is 2.57. The number of benzene rings is 3. The summed E-state index contributed by atoms with van der Waals surface area (Å²) in [4.78, 5) is 2.58. The molecule has 0 amide bonds. The zero-order chi connectivity index (χ0) is 35.0. The van der Waals surface area contributed by atoms with Crippen LogP contribution in [0.15, 0.2) is 72.8 Å². The molecule has 0 saturated heterocycles. The molecule has 0 spiro atoms. The van der Waals surface area contributed by atoms with E-state index in [-0.39, 0.29) is 0 Å². The average molecular weight is 703 g/mol. The van der Waals surface area contributed by atoms with Crippen LogP contribution in [0.1, 0.15) is 94.2 Å². The maximum absolute atomic E-state index is 4.08. The van der Waals surface area contributed by atoms with Crippen LogP contribution in [-0.2, 0) is 0 Å². The van der Waals surface area contributed by atoms with E-state index in [1.165, 1.54) is 52.2 Å². The minimum Gasteiger partial charge on any atom is -0.134 e. The lowest BCUT2D eigenvalue weighted by molar-refractivity contribution is 0.838. The fourth-order valence-electron chi connectivity index (χ4n) is 8.73. The summed E-state index contributed by atoms with van der Waals surface area (Å²) >= 11 is 3.80. The molecule has 3 aromatic carbocycles. The number of hydrogen-bond donors (Lipinski definition) is 0. The highest BCUT2D eigenvalue weighted by molar-refractivity contribution is 7.24. The molecule has 0 unspecified atom stereocenters. The molecule has 0 radical (unpaired) electrons. The zero-order valence-corrected chi connectivity index (χ0v) is 34.8. The molecule has 0 atom stereocenters. The van der Waals surface area contributed by atoms with Gasteiger partial charge in [0.2, 0.25) is 0 Å². The lowest BCUT2D eigenvalue weighted by Gasteiger charge is -2.38. The number of thiophene rings is 2. The lowest BCUT2D eigenvalue weighted by atomic mass is 10.0. The average Bonchev–Trinajstić information content (AvgIpc) is 3.57. The van der Waals surface area contributed by atoms with Crippen LogP contribution in [0.4, 0.5) is 0 Å². The summed E-state index contributed by atoms with van der Waals surface area (Å²) in [5.74, 6) is 7.85. The van der Waals surface area contributed by atoms with E-state index < -0.39 is 16.1 Å². The Hall–Kier alpha value is -2.87. The topological polar surface area (TPSA) is 0 Å². The summed E-state index contributed by atoms with van der Waals surface area (Å²) in [6.07, 6.45) is 0. The van der Waals surface area contributed by atoms with Crippen LogP contribution in [0.3, 0.4) is 0 Å². The molecular formula is C44H54S2Si2. The van der Waals surface area contributed by atoms with Crippen LogP contribution in [0.25, 0.3) is 41.1 Å². The molecule has 48 heavy (non-hydrogen) atoms. The Morgan fingerprint density at radius 1 is 0.438 bits per heavy atom. The van der Waals surface area contributed by atoms with Crippen LogP contribution < -0.4 is 0 Å². The SMILES string of the molecule is CC(C)[Si](C#Cc1c(-c2ccccc2)sc2cc3c(C#C[Si](C(C)C)(C(C)C)C(C)C)c(-c4ccccc4)sc3cc12)(C(C)C)C(C)C. The number of hydrogen-bond acceptors (Lipinski definition) is 2. The molecule has 2 aromatic heterocycles. The fourth-order valence-corrected chi connectivity index (χ4v) is 21.5. The third-order valence-corrected chi connectivity index (χ3v) is 26.1. The second kappa shape index (κ2) is 14.5. The standard InChI is InChI=1S/C44H54S2Si2/c1-29(2)47(30(3)4,31(5)6)25-23-37-39-27-42-40(28-41(39)45-43(37)35-19-15-13-16-20-35)38(44(46-42)36-21-17-14-18-22-36)24-26-48(32(7)8,33(9)10)34(11)12/h13-22,27-34H,1-12H3. The van der Waals surface area contributed by atoms with Gasteiger partial charge in [0.1, 0.15) is 16.1 Å². The van der Waals surface area contributed by atoms with Crippen molar-refractivity contribution in [2.75, 3.05) is 0 Å². The minimum atomic E-state index is -1.92. The van der Waals surface area contributed by atoms with Crippen molar-refractivity contribution in [2.24, 2.45) is 0 Å². The van der Waals surface area contributed by atoms with Crippen molar-refractivity contribution in [2.45, 2.75) is 116 Å². The molecular weight excluding hydrogens is 649 g/mol. The first-order valence-electron chi connectivity index (χ1n) is 18.0. The van der Waals surface area contributed by atoms with Gasteiger partial charge in [-0.1, -0.05) is 156 Å². The molecule has 4 heteroatoms. The monoisotopic (exact) mass is 702 g/mol. The van der Waals surface area contributed by atoms with E-state index >= 15 is 0 Å². The normalized spacial score (nSPS) is 12.5. The summed E-state index contributed by atoms with van der Waals surface area (Å²) in [5.41, 5.74) is 16.6. The van der Waals surface area contributed by atoms with Crippen molar-refractivity contribution in [1.82, 2.24) is 0 Å². The molecule has 0 nitrogen and oxygen atoms in total. The van der Waals surface area contributed by atoms with Crippen molar-refractivity contribution < 1.29 is 0 Å². The fraction of sp³-hybridized carbons (Fsp3) is 0.409. The Balaban J connectivity index is 1.85. The van der Waals surface area contributed by atoms with Gasteiger partial charge in [-0.05, 0) is 56.5 Å². The Morgan fingerprint density at radius 2 is 0.729 bits per heavy atom. The molecule has 0 aliphatic rings. The van der Waals surface area contributed by atoms with E-state index in [2.05, 4.69) is 179 Å². The van der Waals surface area contributed by atoms with E-state index in [4.69, 9.17) is 0 Å². The maximum atomic E-state index is 4.08. The van der Waals surface area contributed by atoms with Crippen molar-refractivity contribution in [3.8, 4) is 43.8 Å². The van der Waals surface area contributed by atoms with Crippen molar-refractivity contribution in [3.05, 3.63) is 83.9 Å². The molecule has 0 N–H and O–H groups in total. The Labute approximate surface area is 301 Å². The van der Waals surface area contributed by atoms with Crippen LogP contribution in [-0.4, -0.2) is 16.1 Å². The second-order valence-corrected chi connectivity index (χ2v) is 28.7. The second-order valence-electron chi connectivity index (χ2n) is 15.5. The number of fused-ring (bicyclic) bond motifs is 2. The molecule has 0 saturated carbocycles. The first-order chi connectivity index (χ1) is 22.7. The van der Waals surface area contributed by atoms with E-state index in [1.54, 1.807) is 0 Å². The van der Waals surface area contributed by atoms with E-state index in [9.17, 15) is 0 Å². The van der Waals surface area contributed by atoms with Gasteiger partial charge in [-0.3, -0.25) is 0 Å². The van der Waals surface area contributed by atoms with Gasteiger partial charge < -0.3 is 0 Å². The summed E-state index contributed by atoms with van der Waals surface area (Å²) < 4.78 is 2.61. The largest absolute Gasteiger partial charge is 0.146 e. The molecule has 250 valence electrons. The van der Waals surface area contributed by atoms with Gasteiger partial charge >= 0.3 is 0 Å². The first-order valence-corrected chi connectivity index (χ1v) is 24.0. The van der Waals surface area contributed by atoms with Gasteiger partial charge in [0, 0.05) is 20.2 Å². The van der Waals surface area contributed by atoms with Crippen molar-refractivity contribution in [3.63, 3.8) is 0 Å². The lowest BCUT2D eigenvalue weighted by Crippen LogP contribution is -2.43. The van der Waals surface area contributed by atoms with E-state index in [0.717, 1.165) is 0 Å². The smallest absolute Gasteiger partial charge is 0.134 e. The summed E-state index contributed by atoms with van der Waals surface area (Å²) in [6, 6.07) is 26.7. The molecule has 0 bridgehead atoms. The van der Waals surface area contributed by atoms with Crippen LogP contribution in [0, 0.1) is 22.9 Å². The third kappa shape index (κ3) is 6.43. The third-order valence-electron chi connectivity index (χ3n) is 11.1. The highest BCUT2D eigenvalue weighted by Crippen LogP contribution is 2.47. The predicted molar refractivity (Wildman–Crippen MR) is 224 cm³/mol. The van der Waals surface area contributed by atoms with Crippen LogP contribution in [0.5, 0.6) is 0 Å². The van der Waals surface area contributed by atoms with Gasteiger partial charge in [-0.15, -0.1) is 33.8 Å². The van der Waals surface area contributed by atoms with Crippen molar-refractivity contribution in [1.29, 1.82) is 0 Å². The predicted octanol–water partition coefficient (Wildman–Crippen LogP) is 14.6. The van der Waals surface area contributed by atoms with Crippen molar-refractivity contribution >= 4 is 59.0 Å². The Bertz CT molecular complexity index is 1810. The van der Waals surface area contributed by atoms with E-state index in [1.807, 2.05) is 22.7 Å². The molecule has 0 aliphatic carbocycles. The number of rotatable bonds is 8. The van der Waals surface area contributed by atoms with Crippen LogP contribution >= 0.6 is 22.7 Å². The maximum Gasteiger partial charge on any atom is 0.146 e. The van der Waals surface area contributed by atoms with E-state index in [0.29, 0.717) is 33.2 Å². The molecule has 2 heterocycles. The van der Waals surface area contributed by atoms with Crippen LogP contribution in [0.2, 0.25) is 33.2 Å². The Morgan fingerprint density at radius 3 is 1.00 bits per heavy atom. The van der Waals surface area contributed by atoms with Gasteiger partial charge in [0.25, 0.3) is 0 Å². The summed E-state index contributed by atoms with van der Waals surface area (Å²) in [6.45, 7) is 28.9. The summed E-state index contributed by atoms with van der Waals surface area (Å²) in [7, 11) is -3.85. The van der Waals surface area contributed by atoms with Gasteiger partial charge in [-0.2, -0.15) is 0 Å². The van der Waals surface area contributed by atoms with Gasteiger partial charge in [0.05, 0.1) is 20.9 Å². The molecule has 0 aliphatic heterocycles. The Kier molecular flexibility index (Phi) is 11.0. The van der Waals surface area contributed by atoms with Gasteiger partial charge in [0.15, 0.2) is 0 Å². The zero-order valence-electron chi connectivity index (χ0n) is 31.2. The quantitative estimate of drug-likeness (QED) is 0.112. The molecule has 0 fully saturated rings. The molecule has 5 rings (SSSR count). The first kappa shape index (κ1) is 36.4. The minimum absolute atomic E-state index is 0.590.